The molecule has 2 N–H and O–H groups in total. The number of aromatic amines is 1. The zero-order valence-corrected chi connectivity index (χ0v) is 16.3. The summed E-state index contributed by atoms with van der Waals surface area (Å²) >= 11 is 0. The lowest BCUT2D eigenvalue weighted by Crippen LogP contribution is -2.21. The minimum absolute atomic E-state index is 0.00689. The van der Waals surface area contributed by atoms with Gasteiger partial charge >= 0.3 is 6.18 Å². The maximum absolute atomic E-state index is 12.6. The van der Waals surface area contributed by atoms with E-state index < -0.39 is 18.5 Å². The number of H-pyrrole nitrogens is 1. The predicted octanol–water partition coefficient (Wildman–Crippen LogP) is 4.27. The quantitative estimate of drug-likeness (QED) is 0.635. The molecule has 160 valence electrons. The number of anilines is 1. The Hall–Kier alpha value is -3.46. The molecule has 2 aromatic heterocycles. The normalized spacial score (nSPS) is 13.7. The molecule has 3 aromatic rings. The number of carbonyl (C=O) groups excluding carboxylic acids is 2. The van der Waals surface area contributed by atoms with E-state index in [-0.39, 0.29) is 24.8 Å². The van der Waals surface area contributed by atoms with Gasteiger partial charge < -0.3 is 15.0 Å². The first-order valence-electron chi connectivity index (χ1n) is 9.52. The number of Topliss-reactive ketones (excluding diaryl/α,β-unsaturated/α-hetero) is 1. The van der Waals surface area contributed by atoms with Crippen LogP contribution in [0.5, 0.6) is 0 Å². The van der Waals surface area contributed by atoms with Gasteiger partial charge in [0.05, 0.1) is 18.0 Å². The standard InChI is InChI=1S/C22H18F3N3O3/c23-22(24,25)10-19(30)28-18-9-14(6-7-26-18)21-15(8-13-4-2-1-3-5-13)20-16(27-21)11-31-12-17(20)29/h1-7,9,27H,8,10-12H2,(H,26,28,30). The molecule has 31 heavy (non-hydrogen) atoms. The number of ketones is 1. The van der Waals surface area contributed by atoms with Crippen LogP contribution in [-0.4, -0.2) is 34.4 Å². The third kappa shape index (κ3) is 4.83. The van der Waals surface area contributed by atoms with E-state index in [9.17, 15) is 22.8 Å². The van der Waals surface area contributed by atoms with Crippen molar-refractivity contribution in [2.45, 2.75) is 25.6 Å². The van der Waals surface area contributed by atoms with Crippen LogP contribution >= 0.6 is 0 Å². The second-order valence-electron chi connectivity index (χ2n) is 7.18. The van der Waals surface area contributed by atoms with Gasteiger partial charge in [0.2, 0.25) is 5.91 Å². The number of nitrogens with zero attached hydrogens (tertiary/aromatic N) is 1. The lowest BCUT2D eigenvalue weighted by Gasteiger charge is -2.13. The Kier molecular flexibility index (Phi) is 5.60. The number of aromatic nitrogens is 2. The fourth-order valence-electron chi connectivity index (χ4n) is 3.61. The number of ether oxygens (including phenoxy) is 1. The smallest absolute Gasteiger partial charge is 0.367 e. The highest BCUT2D eigenvalue weighted by Gasteiger charge is 2.31. The monoisotopic (exact) mass is 429 g/mol. The SMILES string of the molecule is O=C(CC(F)(F)F)Nc1cc(-c2[nH]c3c(c2Cc2ccccc2)C(=O)COC3)ccn1. The average Bonchev–Trinajstić information content (AvgIpc) is 3.07. The van der Waals surface area contributed by atoms with Gasteiger partial charge in [0.1, 0.15) is 18.8 Å². The van der Waals surface area contributed by atoms with Gasteiger partial charge in [-0.3, -0.25) is 9.59 Å². The van der Waals surface area contributed by atoms with E-state index in [0.717, 1.165) is 11.1 Å². The first-order chi connectivity index (χ1) is 14.8. The molecule has 0 saturated heterocycles. The maximum atomic E-state index is 12.6. The summed E-state index contributed by atoms with van der Waals surface area (Å²) in [5.74, 6) is -1.34. The molecule has 0 atom stereocenters. The van der Waals surface area contributed by atoms with E-state index >= 15 is 0 Å². The summed E-state index contributed by atoms with van der Waals surface area (Å²) in [6.45, 7) is 0.240. The molecule has 1 aliphatic heterocycles. The molecule has 1 amide bonds. The van der Waals surface area contributed by atoms with E-state index in [0.29, 0.717) is 28.9 Å². The first-order valence-corrected chi connectivity index (χ1v) is 9.52. The third-order valence-corrected chi connectivity index (χ3v) is 4.84. The number of hydrogen-bond acceptors (Lipinski definition) is 4. The molecule has 0 aliphatic carbocycles. The Bertz CT molecular complexity index is 1120. The van der Waals surface area contributed by atoms with Crippen molar-refractivity contribution >= 4 is 17.5 Å². The lowest BCUT2D eigenvalue weighted by molar-refractivity contribution is -0.150. The highest BCUT2D eigenvalue weighted by Crippen LogP contribution is 2.33. The van der Waals surface area contributed by atoms with Crippen LogP contribution in [0.25, 0.3) is 11.3 Å². The molecule has 1 aromatic carbocycles. The molecule has 0 unspecified atom stereocenters. The first kappa shape index (κ1) is 20.8. The van der Waals surface area contributed by atoms with E-state index in [2.05, 4.69) is 15.3 Å². The summed E-state index contributed by atoms with van der Waals surface area (Å²) in [7, 11) is 0. The van der Waals surface area contributed by atoms with Gasteiger partial charge in [0.25, 0.3) is 0 Å². The summed E-state index contributed by atoms with van der Waals surface area (Å²) in [6.07, 6.45) is -4.33. The fourth-order valence-corrected chi connectivity index (χ4v) is 3.61. The number of fused-ring (bicyclic) bond motifs is 1. The summed E-state index contributed by atoms with van der Waals surface area (Å²) in [5, 5.41) is 2.17. The average molecular weight is 429 g/mol. The number of carbonyl (C=O) groups is 2. The Morgan fingerprint density at radius 3 is 2.68 bits per heavy atom. The van der Waals surface area contributed by atoms with Crippen molar-refractivity contribution in [3.63, 3.8) is 0 Å². The molecule has 9 heteroatoms. The van der Waals surface area contributed by atoms with Crippen molar-refractivity contribution in [1.82, 2.24) is 9.97 Å². The zero-order chi connectivity index (χ0) is 22.0. The van der Waals surface area contributed by atoms with Crippen LogP contribution in [-0.2, 0) is 22.6 Å². The van der Waals surface area contributed by atoms with Gasteiger partial charge in [-0.2, -0.15) is 13.2 Å². The van der Waals surface area contributed by atoms with E-state index in [1.807, 2.05) is 30.3 Å². The van der Waals surface area contributed by atoms with Crippen LogP contribution in [0.1, 0.15) is 33.6 Å². The van der Waals surface area contributed by atoms with Crippen LogP contribution in [0.15, 0.2) is 48.7 Å². The molecule has 0 bridgehead atoms. The van der Waals surface area contributed by atoms with Crippen LogP contribution in [0.4, 0.5) is 19.0 Å². The van der Waals surface area contributed by atoms with Crippen molar-refractivity contribution in [3.8, 4) is 11.3 Å². The predicted molar refractivity (Wildman–Crippen MR) is 107 cm³/mol. The highest BCUT2D eigenvalue weighted by atomic mass is 19.4. The Labute approximate surface area is 175 Å². The molecule has 0 radical (unpaired) electrons. The molecular weight excluding hydrogens is 411 g/mol. The van der Waals surface area contributed by atoms with Gasteiger partial charge in [0.15, 0.2) is 5.78 Å². The number of benzene rings is 1. The van der Waals surface area contributed by atoms with Gasteiger partial charge in [-0.05, 0) is 23.3 Å². The Morgan fingerprint density at radius 2 is 1.94 bits per heavy atom. The van der Waals surface area contributed by atoms with Crippen LogP contribution < -0.4 is 5.32 Å². The van der Waals surface area contributed by atoms with Gasteiger partial charge in [-0.1, -0.05) is 30.3 Å². The van der Waals surface area contributed by atoms with Gasteiger partial charge in [0, 0.05) is 23.7 Å². The number of hydrogen-bond donors (Lipinski definition) is 2. The summed E-state index contributed by atoms with van der Waals surface area (Å²) < 4.78 is 42.7. The number of alkyl halides is 3. The molecule has 0 saturated carbocycles. The molecule has 0 spiro atoms. The topological polar surface area (TPSA) is 84.1 Å². The molecule has 3 heterocycles. The third-order valence-electron chi connectivity index (χ3n) is 4.84. The Balaban J connectivity index is 1.71. The lowest BCUT2D eigenvalue weighted by atomic mass is 9.95. The van der Waals surface area contributed by atoms with Crippen molar-refractivity contribution in [3.05, 3.63) is 71.0 Å². The number of rotatable bonds is 5. The summed E-state index contributed by atoms with van der Waals surface area (Å²) in [5.41, 5.74) is 4.22. The van der Waals surface area contributed by atoms with Gasteiger partial charge in [-0.25, -0.2) is 4.98 Å². The largest absolute Gasteiger partial charge is 0.397 e. The zero-order valence-electron chi connectivity index (χ0n) is 16.3. The summed E-state index contributed by atoms with van der Waals surface area (Å²) in [6, 6.07) is 12.7. The number of amides is 1. The maximum Gasteiger partial charge on any atom is 0.397 e. The number of nitrogens with one attached hydrogen (secondary N) is 2. The number of pyridine rings is 1. The second-order valence-corrected chi connectivity index (χ2v) is 7.18. The van der Waals surface area contributed by atoms with Crippen LogP contribution in [0.2, 0.25) is 0 Å². The molecular formula is C22H18F3N3O3. The highest BCUT2D eigenvalue weighted by molar-refractivity contribution is 6.02. The number of halogens is 3. The van der Waals surface area contributed by atoms with Gasteiger partial charge in [-0.15, -0.1) is 0 Å². The Morgan fingerprint density at radius 1 is 1.16 bits per heavy atom. The van der Waals surface area contributed by atoms with Crippen LogP contribution in [0.3, 0.4) is 0 Å². The molecule has 1 aliphatic rings. The van der Waals surface area contributed by atoms with Crippen molar-refractivity contribution < 1.29 is 27.5 Å². The molecule has 6 nitrogen and oxygen atoms in total. The molecule has 4 rings (SSSR count). The van der Waals surface area contributed by atoms with E-state index in [1.54, 1.807) is 6.07 Å². The fraction of sp³-hybridized carbons (Fsp3) is 0.227. The van der Waals surface area contributed by atoms with E-state index in [4.69, 9.17) is 4.74 Å². The second kappa shape index (κ2) is 8.35. The van der Waals surface area contributed by atoms with E-state index in [1.165, 1.54) is 12.3 Å². The minimum Gasteiger partial charge on any atom is -0.367 e. The van der Waals surface area contributed by atoms with Crippen molar-refractivity contribution in [2.24, 2.45) is 0 Å². The van der Waals surface area contributed by atoms with Crippen LogP contribution in [0, 0.1) is 0 Å². The summed E-state index contributed by atoms with van der Waals surface area (Å²) in [4.78, 5) is 31.4. The minimum atomic E-state index is -4.61. The van der Waals surface area contributed by atoms with Crippen molar-refractivity contribution in [1.29, 1.82) is 0 Å². The van der Waals surface area contributed by atoms with Crippen molar-refractivity contribution in [2.75, 3.05) is 11.9 Å². The molecule has 0 fully saturated rings.